The van der Waals surface area contributed by atoms with E-state index >= 15 is 0 Å². The van der Waals surface area contributed by atoms with E-state index in [9.17, 15) is 9.59 Å². The standard InChI is InChI=1S/C23H30N8O3S/c1-14(2)31-13-27-18-19(26-11-15-5-7-16(34-3)8-6-15)29-22(30-20(18)31)25-10-4-9-24-21(32)17-12-35-23(33)28-17/h5-8,13-14,17H,4,9-12H2,1-3H3,(H,24,32)(H,28,33)(H2,25,26,29,30)/t17-/m0/s1. The Bertz CT molecular complexity index is 1180. The monoisotopic (exact) mass is 498 g/mol. The first-order valence-electron chi connectivity index (χ1n) is 11.5. The Morgan fingerprint density at radius 2 is 2.03 bits per heavy atom. The molecule has 3 heterocycles. The van der Waals surface area contributed by atoms with Crippen molar-refractivity contribution in [1.29, 1.82) is 0 Å². The number of nitrogens with one attached hydrogen (secondary N) is 4. The van der Waals surface area contributed by atoms with Gasteiger partial charge < -0.3 is 30.6 Å². The summed E-state index contributed by atoms with van der Waals surface area (Å²) in [5, 5.41) is 12.0. The van der Waals surface area contributed by atoms with Crippen LogP contribution in [0.2, 0.25) is 0 Å². The molecule has 1 aromatic carbocycles. The second-order valence-corrected chi connectivity index (χ2v) is 9.37. The van der Waals surface area contributed by atoms with Gasteiger partial charge in [-0.1, -0.05) is 23.9 Å². The van der Waals surface area contributed by atoms with Crippen LogP contribution in [-0.4, -0.2) is 62.7 Å². The van der Waals surface area contributed by atoms with E-state index < -0.39 is 6.04 Å². The van der Waals surface area contributed by atoms with Crippen LogP contribution in [0, 0.1) is 0 Å². The van der Waals surface area contributed by atoms with Gasteiger partial charge in [0.15, 0.2) is 17.0 Å². The van der Waals surface area contributed by atoms with Crippen LogP contribution in [0.5, 0.6) is 5.75 Å². The molecule has 0 spiro atoms. The number of carbonyl (C=O) groups excluding carboxylic acids is 2. The van der Waals surface area contributed by atoms with Gasteiger partial charge in [0.25, 0.3) is 5.24 Å². The average molecular weight is 499 g/mol. The largest absolute Gasteiger partial charge is 0.497 e. The maximum Gasteiger partial charge on any atom is 0.279 e. The van der Waals surface area contributed by atoms with Gasteiger partial charge in [0.05, 0.1) is 13.4 Å². The molecule has 0 saturated carbocycles. The number of methoxy groups -OCH3 is 1. The molecular weight excluding hydrogens is 468 g/mol. The molecular formula is C23H30N8O3S. The Labute approximate surface area is 207 Å². The van der Waals surface area contributed by atoms with E-state index in [-0.39, 0.29) is 17.2 Å². The molecule has 2 aromatic heterocycles. The van der Waals surface area contributed by atoms with Crippen LogP contribution in [0.4, 0.5) is 16.6 Å². The number of aromatic nitrogens is 4. The topological polar surface area (TPSA) is 135 Å². The third-order valence-corrected chi connectivity index (χ3v) is 6.40. The lowest BCUT2D eigenvalue weighted by Crippen LogP contribution is -2.43. The zero-order valence-electron chi connectivity index (χ0n) is 20.0. The number of anilines is 2. The number of ether oxygens (including phenoxy) is 1. The highest BCUT2D eigenvalue weighted by Crippen LogP contribution is 2.24. The summed E-state index contributed by atoms with van der Waals surface area (Å²) in [5.41, 5.74) is 2.54. The Morgan fingerprint density at radius 1 is 1.23 bits per heavy atom. The number of thioether (sulfide) groups is 1. The lowest BCUT2D eigenvalue weighted by molar-refractivity contribution is -0.122. The summed E-state index contributed by atoms with van der Waals surface area (Å²) >= 11 is 1.13. The lowest BCUT2D eigenvalue weighted by Gasteiger charge is -2.13. The van der Waals surface area contributed by atoms with Crippen molar-refractivity contribution in [3.05, 3.63) is 36.2 Å². The summed E-state index contributed by atoms with van der Waals surface area (Å²) in [5.74, 6) is 2.25. The molecule has 0 aliphatic carbocycles. The van der Waals surface area contributed by atoms with Crippen molar-refractivity contribution in [3.63, 3.8) is 0 Å². The molecule has 4 N–H and O–H groups in total. The summed E-state index contributed by atoms with van der Waals surface area (Å²) in [6.07, 6.45) is 2.46. The van der Waals surface area contributed by atoms with Crippen LogP contribution in [-0.2, 0) is 11.3 Å². The summed E-state index contributed by atoms with van der Waals surface area (Å²) in [6.45, 7) is 5.79. The number of nitrogens with zero attached hydrogens (tertiary/aromatic N) is 4. The molecule has 1 fully saturated rings. The van der Waals surface area contributed by atoms with Crippen LogP contribution in [0.15, 0.2) is 30.6 Å². The molecule has 0 bridgehead atoms. The Kier molecular flexibility index (Phi) is 7.91. The number of carbonyl (C=O) groups is 2. The highest BCUT2D eigenvalue weighted by atomic mass is 32.2. The van der Waals surface area contributed by atoms with Gasteiger partial charge in [0, 0.05) is 31.4 Å². The first kappa shape index (κ1) is 24.6. The Morgan fingerprint density at radius 3 is 2.71 bits per heavy atom. The Hall–Kier alpha value is -3.54. The highest BCUT2D eigenvalue weighted by Gasteiger charge is 2.27. The van der Waals surface area contributed by atoms with Crippen molar-refractivity contribution < 1.29 is 14.3 Å². The van der Waals surface area contributed by atoms with Crippen LogP contribution < -0.4 is 26.0 Å². The minimum absolute atomic E-state index is 0.156. The van der Waals surface area contributed by atoms with Gasteiger partial charge in [0.1, 0.15) is 11.8 Å². The van der Waals surface area contributed by atoms with Gasteiger partial charge in [0.2, 0.25) is 11.9 Å². The zero-order chi connectivity index (χ0) is 24.8. The van der Waals surface area contributed by atoms with Crippen molar-refractivity contribution in [2.75, 3.05) is 36.6 Å². The minimum Gasteiger partial charge on any atom is -0.497 e. The number of amides is 2. The molecule has 3 aromatic rings. The van der Waals surface area contributed by atoms with E-state index in [0.717, 1.165) is 28.7 Å². The summed E-state index contributed by atoms with van der Waals surface area (Å²) in [7, 11) is 1.65. The van der Waals surface area contributed by atoms with Crippen molar-refractivity contribution >= 4 is 45.8 Å². The molecule has 186 valence electrons. The van der Waals surface area contributed by atoms with Gasteiger partial charge in [-0.25, -0.2) is 4.98 Å². The van der Waals surface area contributed by atoms with Gasteiger partial charge in [-0.05, 0) is 38.0 Å². The van der Waals surface area contributed by atoms with E-state index in [1.165, 1.54) is 0 Å². The molecule has 12 heteroatoms. The van der Waals surface area contributed by atoms with Crippen LogP contribution in [0.3, 0.4) is 0 Å². The summed E-state index contributed by atoms with van der Waals surface area (Å²) < 4.78 is 7.23. The molecule has 0 radical (unpaired) electrons. The van der Waals surface area contributed by atoms with E-state index in [0.29, 0.717) is 49.1 Å². The van der Waals surface area contributed by atoms with Crippen molar-refractivity contribution in [2.24, 2.45) is 0 Å². The van der Waals surface area contributed by atoms with Crippen molar-refractivity contribution in [3.8, 4) is 5.75 Å². The van der Waals surface area contributed by atoms with E-state index in [2.05, 4.69) is 50.1 Å². The second kappa shape index (κ2) is 11.3. The van der Waals surface area contributed by atoms with Crippen molar-refractivity contribution in [2.45, 2.75) is 38.9 Å². The SMILES string of the molecule is COc1ccc(CNc2nc(NCCCNC(=O)[C@@H]3CSC(=O)N3)nc3c2ncn3C(C)C)cc1. The van der Waals surface area contributed by atoms with E-state index in [1.54, 1.807) is 13.4 Å². The Balaban J connectivity index is 1.38. The maximum absolute atomic E-state index is 12.1. The predicted octanol–water partition coefficient (Wildman–Crippen LogP) is 2.77. The minimum atomic E-state index is -0.457. The fraction of sp³-hybridized carbons (Fsp3) is 0.435. The van der Waals surface area contributed by atoms with Gasteiger partial charge in [-0.15, -0.1) is 0 Å². The number of hydrogen-bond donors (Lipinski definition) is 4. The average Bonchev–Trinajstić information content (AvgIpc) is 3.49. The number of benzene rings is 1. The first-order chi connectivity index (χ1) is 16.9. The van der Waals surface area contributed by atoms with Crippen LogP contribution >= 0.6 is 11.8 Å². The molecule has 1 saturated heterocycles. The molecule has 1 atom stereocenters. The van der Waals surface area contributed by atoms with E-state index in [1.807, 2.05) is 28.8 Å². The number of fused-ring (bicyclic) bond motifs is 1. The number of hydrogen-bond acceptors (Lipinski definition) is 9. The van der Waals surface area contributed by atoms with Crippen molar-refractivity contribution in [1.82, 2.24) is 30.2 Å². The quantitative estimate of drug-likeness (QED) is 0.294. The highest BCUT2D eigenvalue weighted by molar-refractivity contribution is 8.14. The fourth-order valence-corrected chi connectivity index (χ4v) is 4.35. The molecule has 2 amide bonds. The summed E-state index contributed by atoms with van der Waals surface area (Å²) in [4.78, 5) is 37.2. The normalized spacial score (nSPS) is 15.3. The zero-order valence-corrected chi connectivity index (χ0v) is 20.8. The molecule has 11 nitrogen and oxygen atoms in total. The van der Waals surface area contributed by atoms with Crippen LogP contribution in [0.1, 0.15) is 31.9 Å². The van der Waals surface area contributed by atoms with Gasteiger partial charge in [-0.3, -0.25) is 9.59 Å². The number of imidazole rings is 1. The second-order valence-electron chi connectivity index (χ2n) is 8.38. The predicted molar refractivity (Wildman–Crippen MR) is 137 cm³/mol. The molecule has 35 heavy (non-hydrogen) atoms. The van der Waals surface area contributed by atoms with Crippen LogP contribution in [0.25, 0.3) is 11.2 Å². The lowest BCUT2D eigenvalue weighted by atomic mass is 10.2. The number of rotatable bonds is 11. The van der Waals surface area contributed by atoms with Gasteiger partial charge >= 0.3 is 0 Å². The maximum atomic E-state index is 12.1. The van der Waals surface area contributed by atoms with E-state index in [4.69, 9.17) is 4.74 Å². The molecule has 1 aliphatic rings. The molecule has 0 unspecified atom stereocenters. The van der Waals surface area contributed by atoms with Gasteiger partial charge in [-0.2, -0.15) is 9.97 Å². The summed E-state index contributed by atoms with van der Waals surface area (Å²) in [6, 6.07) is 7.58. The third kappa shape index (κ3) is 6.13. The molecule has 1 aliphatic heterocycles. The smallest absolute Gasteiger partial charge is 0.279 e. The first-order valence-corrected chi connectivity index (χ1v) is 12.5. The third-order valence-electron chi connectivity index (χ3n) is 5.52. The molecule has 4 rings (SSSR count). The fourth-order valence-electron chi connectivity index (χ4n) is 3.58.